The summed E-state index contributed by atoms with van der Waals surface area (Å²) in [5.41, 5.74) is -0.568. The van der Waals surface area contributed by atoms with Crippen LogP contribution in [0.15, 0.2) is 0 Å². The molecule has 0 aromatic rings. The molecule has 76 valence electrons. The van der Waals surface area contributed by atoms with Gasteiger partial charge in [-0.1, -0.05) is 0 Å². The van der Waals surface area contributed by atoms with E-state index in [2.05, 4.69) is 5.32 Å². The van der Waals surface area contributed by atoms with Crippen molar-refractivity contribution in [3.05, 3.63) is 0 Å². The summed E-state index contributed by atoms with van der Waals surface area (Å²) in [5.74, 6) is 0.613. The van der Waals surface area contributed by atoms with Crippen molar-refractivity contribution >= 4 is 39.5 Å². The fraction of sp³-hybridized carbons (Fsp3) is 0.714. The molecule has 1 N–H and O–H groups in total. The van der Waals surface area contributed by atoms with Crippen LogP contribution in [0.3, 0.4) is 0 Å². The molecule has 0 spiro atoms. The lowest BCUT2D eigenvalue weighted by molar-refractivity contribution is -0.211. The number of nitrogens with one attached hydrogen (secondary N) is 1. The summed E-state index contributed by atoms with van der Waals surface area (Å²) >= 11 is 1.92. The van der Waals surface area contributed by atoms with Gasteiger partial charge in [0.25, 0.3) is 0 Å². The number of alkyl carbamates (subject to hydrolysis) is 1. The number of carbonyl (C=O) groups is 1. The van der Waals surface area contributed by atoms with Gasteiger partial charge in [-0.2, -0.15) is 0 Å². The van der Waals surface area contributed by atoms with E-state index in [0.29, 0.717) is 5.85 Å². The van der Waals surface area contributed by atoms with Gasteiger partial charge in [0.05, 0.1) is 0 Å². The first-order valence-electron chi connectivity index (χ1n) is 3.67. The second-order valence-electron chi connectivity index (χ2n) is 3.33. The molecule has 0 fully saturated rings. The Morgan fingerprint density at radius 3 is 2.54 bits per heavy atom. The summed E-state index contributed by atoms with van der Waals surface area (Å²) in [4.78, 5) is 11.0. The van der Waals surface area contributed by atoms with Crippen LogP contribution >= 0.6 is 27.9 Å². The maximum Gasteiger partial charge on any atom is 0.407 e. The van der Waals surface area contributed by atoms with Crippen molar-refractivity contribution in [2.75, 3.05) is 6.54 Å². The van der Waals surface area contributed by atoms with Crippen molar-refractivity contribution in [3.63, 3.8) is 0 Å². The Hall–Kier alpha value is 0.130. The molecule has 0 bridgehead atoms. The third-order valence-corrected chi connectivity index (χ3v) is 2.84. The second-order valence-corrected chi connectivity index (χ2v) is 5.45. The van der Waals surface area contributed by atoms with E-state index in [1.54, 1.807) is 20.8 Å². The van der Waals surface area contributed by atoms with Crippen LogP contribution in [-0.2, 0) is 4.74 Å². The Morgan fingerprint density at radius 1 is 1.62 bits per heavy atom. The summed E-state index contributed by atoms with van der Waals surface area (Å²) in [7, 11) is 0. The minimum atomic E-state index is -0.555. The quantitative estimate of drug-likeness (QED) is 0.617. The maximum atomic E-state index is 11.0. The van der Waals surface area contributed by atoms with Gasteiger partial charge < -0.3 is 15.2 Å². The molecule has 1 amide bonds. The molecule has 0 saturated carbocycles. The van der Waals surface area contributed by atoms with Crippen molar-refractivity contribution in [2.24, 2.45) is 0 Å². The third-order valence-electron chi connectivity index (χ3n) is 0.877. The van der Waals surface area contributed by atoms with E-state index in [9.17, 15) is 9.90 Å². The second kappa shape index (κ2) is 5.78. The Morgan fingerprint density at radius 2 is 2.15 bits per heavy atom. The first-order chi connectivity index (χ1) is 5.85. The van der Waals surface area contributed by atoms with Crippen LogP contribution in [0.5, 0.6) is 0 Å². The Labute approximate surface area is 92.3 Å². The van der Waals surface area contributed by atoms with Gasteiger partial charge in [-0.15, -0.1) is 5.48 Å². The molecule has 0 aromatic carbocycles. The number of halogens is 1. The molecule has 0 aliphatic carbocycles. The molecule has 0 saturated heterocycles. The molecule has 0 aliphatic heterocycles. The molecule has 0 rings (SSSR count). The number of carbonyl (C=O) groups excluding carboxylic acids is 1. The summed E-state index contributed by atoms with van der Waals surface area (Å²) in [6.07, 6.45) is -0.555. The van der Waals surface area contributed by atoms with Crippen molar-refractivity contribution in [1.29, 1.82) is 0 Å². The lowest BCUT2D eigenvalue weighted by Crippen LogP contribution is -2.38. The molecule has 0 atom stereocenters. The standard InChI is InChI=1S/C7H13INO3P/c1-7(2,3)12-6(11)9-4-5(10)13-8/h10H,4H2,1-3H3,(H,9,11)/p-1. The van der Waals surface area contributed by atoms with Gasteiger partial charge in [-0.3, -0.25) is 0 Å². The molecule has 0 unspecified atom stereocenters. The topological polar surface area (TPSA) is 61.4 Å². The number of amides is 1. The minimum absolute atomic E-state index is 0.0272. The highest BCUT2D eigenvalue weighted by Crippen LogP contribution is 2.08. The zero-order valence-electron chi connectivity index (χ0n) is 7.76. The van der Waals surface area contributed by atoms with Crippen molar-refractivity contribution in [1.82, 2.24) is 5.32 Å². The molecule has 0 aliphatic rings. The Bertz CT molecular complexity index is 212. The summed E-state index contributed by atoms with van der Waals surface area (Å²) < 4.78 is 4.92. The highest BCUT2D eigenvalue weighted by Gasteiger charge is 2.14. The van der Waals surface area contributed by atoms with E-state index < -0.39 is 11.7 Å². The lowest BCUT2D eigenvalue weighted by Gasteiger charge is -2.20. The zero-order chi connectivity index (χ0) is 10.5. The molecule has 13 heavy (non-hydrogen) atoms. The van der Waals surface area contributed by atoms with Gasteiger partial charge in [-0.25, -0.2) is 4.79 Å². The van der Waals surface area contributed by atoms with E-state index >= 15 is 0 Å². The van der Waals surface area contributed by atoms with Gasteiger partial charge >= 0.3 is 6.09 Å². The van der Waals surface area contributed by atoms with Crippen LogP contribution in [0, 0.1) is 0 Å². The van der Waals surface area contributed by atoms with Crippen LogP contribution in [0.4, 0.5) is 4.79 Å². The fourth-order valence-corrected chi connectivity index (χ4v) is 1.14. The van der Waals surface area contributed by atoms with Gasteiger partial charge in [0.1, 0.15) is 5.60 Å². The maximum absolute atomic E-state index is 11.0. The average Bonchev–Trinajstić information content (AvgIpc) is 1.97. The first-order valence-corrected chi connectivity index (χ1v) is 7.35. The molecular weight excluding hydrogens is 304 g/mol. The largest absolute Gasteiger partial charge is 0.825 e. The Kier molecular flexibility index (Phi) is 5.83. The number of ether oxygens (including phenoxy) is 1. The number of hydrogen-bond donors (Lipinski definition) is 1. The highest BCUT2D eigenvalue weighted by molar-refractivity contribution is 14.2. The SMILES string of the molecule is CC(C)(C)OC(=O)NCC([O-])=PI. The van der Waals surface area contributed by atoms with Crippen molar-refractivity contribution in [2.45, 2.75) is 26.4 Å². The molecule has 4 nitrogen and oxygen atoms in total. The monoisotopic (exact) mass is 316 g/mol. The van der Waals surface area contributed by atoms with E-state index in [1.807, 2.05) is 22.0 Å². The van der Waals surface area contributed by atoms with Crippen molar-refractivity contribution in [3.8, 4) is 0 Å². The van der Waals surface area contributed by atoms with Crippen LogP contribution in [0.25, 0.3) is 0 Å². The number of hydrogen-bond acceptors (Lipinski definition) is 3. The normalized spacial score (nSPS) is 12.5. The smallest absolute Gasteiger partial charge is 0.407 e. The molecule has 0 radical (unpaired) electrons. The zero-order valence-corrected chi connectivity index (χ0v) is 10.8. The van der Waals surface area contributed by atoms with Crippen LogP contribution < -0.4 is 10.4 Å². The molecular formula is C7H12INO3P-. The predicted molar refractivity (Wildman–Crippen MR) is 60.2 cm³/mol. The molecule has 0 heterocycles. The average molecular weight is 316 g/mol. The van der Waals surface area contributed by atoms with E-state index in [4.69, 9.17) is 4.74 Å². The molecule has 0 aromatic heterocycles. The molecule has 6 heteroatoms. The third kappa shape index (κ3) is 8.46. The van der Waals surface area contributed by atoms with E-state index in [1.165, 1.54) is 0 Å². The predicted octanol–water partition coefficient (Wildman–Crippen LogP) is 1.30. The van der Waals surface area contributed by atoms with E-state index in [-0.39, 0.29) is 12.0 Å². The number of rotatable bonds is 2. The first kappa shape index (κ1) is 13.1. The summed E-state index contributed by atoms with van der Waals surface area (Å²) in [6, 6.07) is 0. The summed E-state index contributed by atoms with van der Waals surface area (Å²) in [6.45, 7) is 5.33. The lowest BCUT2D eigenvalue weighted by atomic mass is 10.2. The summed E-state index contributed by atoms with van der Waals surface area (Å²) in [5, 5.41) is 13.2. The van der Waals surface area contributed by atoms with Crippen LogP contribution in [-0.4, -0.2) is 23.7 Å². The highest BCUT2D eigenvalue weighted by atomic mass is 127. The van der Waals surface area contributed by atoms with Gasteiger partial charge in [0.15, 0.2) is 0 Å². The van der Waals surface area contributed by atoms with Crippen LogP contribution in [0.2, 0.25) is 0 Å². The van der Waals surface area contributed by atoms with Gasteiger partial charge in [-0.05, 0) is 48.7 Å². The van der Waals surface area contributed by atoms with Gasteiger partial charge in [0.2, 0.25) is 0 Å². The van der Waals surface area contributed by atoms with Crippen molar-refractivity contribution < 1.29 is 14.6 Å². The van der Waals surface area contributed by atoms with Gasteiger partial charge in [0, 0.05) is 6.54 Å². The van der Waals surface area contributed by atoms with Crippen LogP contribution in [0.1, 0.15) is 20.8 Å². The fourth-order valence-electron chi connectivity index (χ4n) is 0.492. The minimum Gasteiger partial charge on any atom is -0.825 e. The Balaban J connectivity index is 3.77. The van der Waals surface area contributed by atoms with E-state index in [0.717, 1.165) is 0 Å².